The molecule has 4 heteroatoms. The number of allylic oxidation sites excluding steroid dienone is 1. The third kappa shape index (κ3) is 9.00. The van der Waals surface area contributed by atoms with Crippen molar-refractivity contribution < 1.29 is 19.1 Å². The third-order valence-corrected chi connectivity index (χ3v) is 1.53. The van der Waals surface area contributed by atoms with Gasteiger partial charge in [0.1, 0.15) is 13.2 Å². The summed E-state index contributed by atoms with van der Waals surface area (Å²) < 4.78 is 9.57. The van der Waals surface area contributed by atoms with Gasteiger partial charge in [-0.2, -0.15) is 0 Å². The smallest absolute Gasteiger partial charge is 0.330 e. The number of carbonyl (C=O) groups excluding carboxylic acids is 2. The highest BCUT2D eigenvalue weighted by atomic mass is 16.6. The average molecular weight is 214 g/mol. The van der Waals surface area contributed by atoms with Crippen LogP contribution in [-0.2, 0) is 19.1 Å². The van der Waals surface area contributed by atoms with Crippen LogP contribution in [0.3, 0.4) is 0 Å². The minimum absolute atomic E-state index is 0.113. The first kappa shape index (κ1) is 13.7. The first-order valence-corrected chi connectivity index (χ1v) is 5.19. The summed E-state index contributed by atoms with van der Waals surface area (Å²) in [5, 5.41) is 0. The van der Waals surface area contributed by atoms with Crippen LogP contribution in [0.1, 0.15) is 33.1 Å². The van der Waals surface area contributed by atoms with Crippen LogP contribution in [0.4, 0.5) is 0 Å². The third-order valence-electron chi connectivity index (χ3n) is 1.53. The van der Waals surface area contributed by atoms with Gasteiger partial charge in [0.15, 0.2) is 0 Å². The van der Waals surface area contributed by atoms with Gasteiger partial charge in [-0.15, -0.1) is 0 Å². The van der Waals surface area contributed by atoms with Gasteiger partial charge in [0, 0.05) is 12.5 Å². The van der Waals surface area contributed by atoms with E-state index in [0.717, 1.165) is 12.8 Å². The van der Waals surface area contributed by atoms with Crippen molar-refractivity contribution in [3.8, 4) is 0 Å². The van der Waals surface area contributed by atoms with Crippen molar-refractivity contribution in [3.63, 3.8) is 0 Å². The molecule has 0 aliphatic carbocycles. The Morgan fingerprint density at radius 2 is 1.80 bits per heavy atom. The highest BCUT2D eigenvalue weighted by Gasteiger charge is 2.01. The molecule has 86 valence electrons. The molecule has 0 amide bonds. The molecule has 0 bridgehead atoms. The molecule has 0 spiro atoms. The summed E-state index contributed by atoms with van der Waals surface area (Å²) in [6.07, 6.45) is 5.04. The van der Waals surface area contributed by atoms with Gasteiger partial charge in [-0.05, 0) is 12.8 Å². The van der Waals surface area contributed by atoms with Gasteiger partial charge in [0.2, 0.25) is 0 Å². The monoisotopic (exact) mass is 214 g/mol. The topological polar surface area (TPSA) is 52.6 Å². The van der Waals surface area contributed by atoms with Crippen molar-refractivity contribution >= 4 is 11.9 Å². The highest BCUT2D eigenvalue weighted by Crippen LogP contribution is 1.91. The second kappa shape index (κ2) is 9.24. The fourth-order valence-electron chi connectivity index (χ4n) is 0.836. The molecule has 0 fully saturated rings. The number of hydrogen-bond donors (Lipinski definition) is 0. The first-order valence-electron chi connectivity index (χ1n) is 5.19. The zero-order valence-electron chi connectivity index (χ0n) is 9.32. The minimum Gasteiger partial charge on any atom is -0.462 e. The van der Waals surface area contributed by atoms with Crippen molar-refractivity contribution in [3.05, 3.63) is 12.2 Å². The van der Waals surface area contributed by atoms with E-state index in [1.165, 1.54) is 6.08 Å². The molecule has 15 heavy (non-hydrogen) atoms. The van der Waals surface area contributed by atoms with Gasteiger partial charge in [0.05, 0.1) is 0 Å². The van der Waals surface area contributed by atoms with Gasteiger partial charge < -0.3 is 9.47 Å². The summed E-state index contributed by atoms with van der Waals surface area (Å²) in [6, 6.07) is 0. The maximum absolute atomic E-state index is 10.9. The minimum atomic E-state index is -0.400. The Morgan fingerprint density at radius 1 is 1.13 bits per heavy atom. The number of carbonyl (C=O) groups is 2. The van der Waals surface area contributed by atoms with E-state index < -0.39 is 5.97 Å². The van der Waals surface area contributed by atoms with E-state index in [2.05, 4.69) is 0 Å². The number of rotatable bonds is 7. The molecule has 0 heterocycles. The van der Waals surface area contributed by atoms with Crippen LogP contribution in [0.15, 0.2) is 12.2 Å². The van der Waals surface area contributed by atoms with Crippen LogP contribution in [0.25, 0.3) is 0 Å². The quantitative estimate of drug-likeness (QED) is 0.368. The van der Waals surface area contributed by atoms with Gasteiger partial charge in [-0.3, -0.25) is 4.79 Å². The normalized spacial score (nSPS) is 10.3. The molecule has 0 unspecified atom stereocenters. The molecule has 0 saturated carbocycles. The Bertz CT molecular complexity index is 221. The van der Waals surface area contributed by atoms with Crippen molar-refractivity contribution in [1.29, 1.82) is 0 Å². The fraction of sp³-hybridized carbons (Fsp3) is 0.636. The van der Waals surface area contributed by atoms with E-state index in [1.54, 1.807) is 6.08 Å². The van der Waals surface area contributed by atoms with E-state index in [1.807, 2.05) is 13.8 Å². The molecule has 0 aromatic rings. The molecule has 4 nitrogen and oxygen atoms in total. The Hall–Kier alpha value is -1.32. The first-order chi connectivity index (χ1) is 7.20. The van der Waals surface area contributed by atoms with Crippen LogP contribution < -0.4 is 0 Å². The summed E-state index contributed by atoms with van der Waals surface area (Å²) in [5.74, 6) is -0.652. The number of hydrogen-bond acceptors (Lipinski definition) is 4. The lowest BCUT2D eigenvalue weighted by molar-refractivity contribution is -0.149. The van der Waals surface area contributed by atoms with Gasteiger partial charge in [-0.1, -0.05) is 19.9 Å². The summed E-state index contributed by atoms with van der Waals surface area (Å²) in [7, 11) is 0. The van der Waals surface area contributed by atoms with Crippen LogP contribution in [0.5, 0.6) is 0 Å². The van der Waals surface area contributed by atoms with Gasteiger partial charge >= 0.3 is 11.9 Å². The van der Waals surface area contributed by atoms with Crippen molar-refractivity contribution in [2.45, 2.75) is 33.1 Å². The largest absolute Gasteiger partial charge is 0.462 e. The lowest BCUT2D eigenvalue weighted by atomic mass is 10.3. The molecule has 0 aliphatic rings. The maximum atomic E-state index is 10.9. The SMILES string of the molecule is CCC=CC(=O)OCCOC(=O)CCC. The van der Waals surface area contributed by atoms with Crippen LogP contribution in [-0.4, -0.2) is 25.2 Å². The fourth-order valence-corrected chi connectivity index (χ4v) is 0.836. The molecule has 0 N–H and O–H groups in total. The molecule has 0 aromatic carbocycles. The zero-order valence-corrected chi connectivity index (χ0v) is 9.32. The van der Waals surface area contributed by atoms with Crippen molar-refractivity contribution in [1.82, 2.24) is 0 Å². The summed E-state index contributed by atoms with van der Waals surface area (Å²) in [4.78, 5) is 21.8. The van der Waals surface area contributed by atoms with Gasteiger partial charge in [-0.25, -0.2) is 4.79 Å². The molecule has 0 aliphatic heterocycles. The Balaban J connectivity index is 3.42. The van der Waals surface area contributed by atoms with E-state index >= 15 is 0 Å². The average Bonchev–Trinajstić information content (AvgIpc) is 2.22. The Labute approximate surface area is 90.2 Å². The van der Waals surface area contributed by atoms with E-state index in [4.69, 9.17) is 9.47 Å². The predicted molar refractivity (Wildman–Crippen MR) is 56.3 cm³/mol. The van der Waals surface area contributed by atoms with E-state index in [9.17, 15) is 9.59 Å². The van der Waals surface area contributed by atoms with Crippen LogP contribution in [0.2, 0.25) is 0 Å². The predicted octanol–water partition coefficient (Wildman–Crippen LogP) is 1.84. The molecule has 0 radical (unpaired) electrons. The second-order valence-electron chi connectivity index (χ2n) is 2.95. The van der Waals surface area contributed by atoms with Crippen molar-refractivity contribution in [2.24, 2.45) is 0 Å². The van der Waals surface area contributed by atoms with Crippen molar-refractivity contribution in [2.75, 3.05) is 13.2 Å². The summed E-state index contributed by atoms with van der Waals surface area (Å²) in [6.45, 7) is 4.07. The summed E-state index contributed by atoms with van der Waals surface area (Å²) in [5.41, 5.74) is 0. The standard InChI is InChI=1S/C11H18O4/c1-3-5-7-11(13)15-9-8-14-10(12)6-4-2/h5,7H,3-4,6,8-9H2,1-2H3. The molecule has 0 saturated heterocycles. The maximum Gasteiger partial charge on any atom is 0.330 e. The molecule has 0 aromatic heterocycles. The van der Waals surface area contributed by atoms with E-state index in [-0.39, 0.29) is 19.2 Å². The lowest BCUT2D eigenvalue weighted by Crippen LogP contribution is -2.12. The molecule has 0 rings (SSSR count). The van der Waals surface area contributed by atoms with Crippen LogP contribution in [0, 0.1) is 0 Å². The zero-order chi connectivity index (χ0) is 11.5. The Morgan fingerprint density at radius 3 is 2.40 bits per heavy atom. The highest BCUT2D eigenvalue weighted by molar-refractivity contribution is 5.81. The molecular weight excluding hydrogens is 196 g/mol. The van der Waals surface area contributed by atoms with Crippen LogP contribution >= 0.6 is 0 Å². The molecule has 0 atom stereocenters. The number of ether oxygens (including phenoxy) is 2. The number of esters is 2. The summed E-state index contributed by atoms with van der Waals surface area (Å²) >= 11 is 0. The van der Waals surface area contributed by atoms with E-state index in [0.29, 0.717) is 6.42 Å². The second-order valence-corrected chi connectivity index (χ2v) is 2.95. The molecular formula is C11H18O4. The van der Waals surface area contributed by atoms with Gasteiger partial charge in [0.25, 0.3) is 0 Å². The lowest BCUT2D eigenvalue weighted by Gasteiger charge is -2.03. The Kier molecular flexibility index (Phi) is 8.43.